The fourth-order valence-electron chi connectivity index (χ4n) is 2.50. The highest BCUT2D eigenvalue weighted by Crippen LogP contribution is 2.15. The van der Waals surface area contributed by atoms with Crippen LogP contribution in [0.1, 0.15) is 11.3 Å². The number of hydrogen-bond donors (Lipinski definition) is 0. The van der Waals surface area contributed by atoms with E-state index < -0.39 is 0 Å². The van der Waals surface area contributed by atoms with Crippen LogP contribution in [-0.2, 0) is 6.54 Å². The highest BCUT2D eigenvalue weighted by molar-refractivity contribution is 6.30. The SMILES string of the molecule is Cc1ncccc1CN1CCN(c2ncc(Cl)cn2)CC1. The molecule has 21 heavy (non-hydrogen) atoms. The molecule has 0 atom stereocenters. The van der Waals surface area contributed by atoms with Crippen molar-refractivity contribution in [2.24, 2.45) is 0 Å². The molecule has 1 fully saturated rings. The Kier molecular flexibility index (Phi) is 4.31. The summed E-state index contributed by atoms with van der Waals surface area (Å²) in [6.45, 7) is 6.88. The van der Waals surface area contributed by atoms with Crippen LogP contribution in [0.3, 0.4) is 0 Å². The molecule has 0 amide bonds. The quantitative estimate of drug-likeness (QED) is 0.869. The predicted molar refractivity (Wildman–Crippen MR) is 83.5 cm³/mol. The molecule has 0 radical (unpaired) electrons. The average Bonchev–Trinajstić information content (AvgIpc) is 2.51. The summed E-state index contributed by atoms with van der Waals surface area (Å²) in [5, 5.41) is 0.574. The minimum Gasteiger partial charge on any atom is -0.338 e. The van der Waals surface area contributed by atoms with E-state index >= 15 is 0 Å². The molecule has 110 valence electrons. The summed E-state index contributed by atoms with van der Waals surface area (Å²) in [7, 11) is 0. The minimum atomic E-state index is 0.574. The predicted octanol–water partition coefficient (Wildman–Crippen LogP) is 2.16. The molecule has 3 heterocycles. The molecule has 1 saturated heterocycles. The number of piperazine rings is 1. The Bertz CT molecular complexity index is 593. The van der Waals surface area contributed by atoms with Crippen LogP contribution >= 0.6 is 11.6 Å². The maximum absolute atomic E-state index is 5.82. The summed E-state index contributed by atoms with van der Waals surface area (Å²) in [5.74, 6) is 0.761. The molecular formula is C15H18ClN5. The molecule has 2 aromatic heterocycles. The highest BCUT2D eigenvalue weighted by atomic mass is 35.5. The van der Waals surface area contributed by atoms with E-state index in [1.165, 1.54) is 5.56 Å². The molecule has 2 aromatic rings. The topological polar surface area (TPSA) is 45.2 Å². The number of pyridine rings is 1. The Labute approximate surface area is 129 Å². The molecule has 0 bridgehead atoms. The van der Waals surface area contributed by atoms with Gasteiger partial charge >= 0.3 is 0 Å². The molecule has 0 aliphatic carbocycles. The minimum absolute atomic E-state index is 0.574. The zero-order valence-corrected chi connectivity index (χ0v) is 12.8. The Hall–Kier alpha value is -1.72. The molecule has 1 aliphatic rings. The van der Waals surface area contributed by atoms with E-state index in [0.717, 1.165) is 44.4 Å². The van der Waals surface area contributed by atoms with Gasteiger partial charge < -0.3 is 4.90 Å². The van der Waals surface area contributed by atoms with Crippen LogP contribution in [0.25, 0.3) is 0 Å². The van der Waals surface area contributed by atoms with Gasteiger partial charge in [0.15, 0.2) is 0 Å². The van der Waals surface area contributed by atoms with Gasteiger partial charge in [0.1, 0.15) is 0 Å². The summed E-state index contributed by atoms with van der Waals surface area (Å²) >= 11 is 5.82. The van der Waals surface area contributed by atoms with Crippen LogP contribution in [0.15, 0.2) is 30.7 Å². The first-order valence-electron chi connectivity index (χ1n) is 7.08. The molecule has 0 N–H and O–H groups in total. The van der Waals surface area contributed by atoms with E-state index in [1.54, 1.807) is 12.4 Å². The number of rotatable bonds is 3. The number of aromatic nitrogens is 3. The summed E-state index contributed by atoms with van der Waals surface area (Å²) in [6, 6.07) is 4.15. The Morgan fingerprint density at radius 2 is 1.81 bits per heavy atom. The Balaban J connectivity index is 1.58. The van der Waals surface area contributed by atoms with Gasteiger partial charge in [0, 0.05) is 44.6 Å². The van der Waals surface area contributed by atoms with Gasteiger partial charge in [0.2, 0.25) is 5.95 Å². The lowest BCUT2D eigenvalue weighted by molar-refractivity contribution is 0.248. The van der Waals surface area contributed by atoms with Gasteiger partial charge in [-0.1, -0.05) is 17.7 Å². The summed E-state index contributed by atoms with van der Waals surface area (Å²) in [4.78, 5) is 17.5. The van der Waals surface area contributed by atoms with E-state index in [4.69, 9.17) is 11.6 Å². The van der Waals surface area contributed by atoms with Gasteiger partial charge in [-0.05, 0) is 18.6 Å². The first kappa shape index (κ1) is 14.2. The second-order valence-electron chi connectivity index (χ2n) is 5.21. The fourth-order valence-corrected chi connectivity index (χ4v) is 2.60. The van der Waals surface area contributed by atoms with Crippen molar-refractivity contribution in [3.63, 3.8) is 0 Å². The van der Waals surface area contributed by atoms with Crippen molar-refractivity contribution in [2.75, 3.05) is 31.1 Å². The standard InChI is InChI=1S/C15H18ClN5/c1-12-13(3-2-4-17-12)11-20-5-7-21(8-6-20)15-18-9-14(16)10-19-15/h2-4,9-10H,5-8,11H2,1H3. The molecule has 1 aliphatic heterocycles. The summed E-state index contributed by atoms with van der Waals surface area (Å²) in [6.07, 6.45) is 5.14. The van der Waals surface area contributed by atoms with Crippen molar-refractivity contribution in [2.45, 2.75) is 13.5 Å². The first-order chi connectivity index (χ1) is 10.2. The lowest BCUT2D eigenvalue weighted by Gasteiger charge is -2.34. The van der Waals surface area contributed by atoms with Crippen LogP contribution < -0.4 is 4.90 Å². The third-order valence-electron chi connectivity index (χ3n) is 3.77. The second kappa shape index (κ2) is 6.37. The molecular weight excluding hydrogens is 286 g/mol. The van der Waals surface area contributed by atoms with Crippen molar-refractivity contribution < 1.29 is 0 Å². The van der Waals surface area contributed by atoms with Crippen molar-refractivity contribution in [1.29, 1.82) is 0 Å². The molecule has 0 spiro atoms. The second-order valence-corrected chi connectivity index (χ2v) is 5.65. The van der Waals surface area contributed by atoms with Crippen LogP contribution in [0.4, 0.5) is 5.95 Å². The van der Waals surface area contributed by atoms with E-state index in [-0.39, 0.29) is 0 Å². The molecule has 0 unspecified atom stereocenters. The van der Waals surface area contributed by atoms with Crippen molar-refractivity contribution >= 4 is 17.5 Å². The average molecular weight is 304 g/mol. The maximum Gasteiger partial charge on any atom is 0.225 e. The number of anilines is 1. The van der Waals surface area contributed by atoms with Crippen LogP contribution in [0, 0.1) is 6.92 Å². The zero-order valence-electron chi connectivity index (χ0n) is 12.0. The van der Waals surface area contributed by atoms with Gasteiger partial charge in [-0.15, -0.1) is 0 Å². The third kappa shape index (κ3) is 3.49. The van der Waals surface area contributed by atoms with E-state index in [0.29, 0.717) is 5.02 Å². The zero-order chi connectivity index (χ0) is 14.7. The summed E-state index contributed by atoms with van der Waals surface area (Å²) < 4.78 is 0. The number of aryl methyl sites for hydroxylation is 1. The largest absolute Gasteiger partial charge is 0.338 e. The van der Waals surface area contributed by atoms with Crippen LogP contribution in [0.2, 0.25) is 5.02 Å². The van der Waals surface area contributed by atoms with Crippen LogP contribution in [0.5, 0.6) is 0 Å². The summed E-state index contributed by atoms with van der Waals surface area (Å²) in [5.41, 5.74) is 2.41. The number of halogens is 1. The lowest BCUT2D eigenvalue weighted by atomic mass is 10.2. The van der Waals surface area contributed by atoms with Crippen LogP contribution in [-0.4, -0.2) is 46.0 Å². The normalized spacial score (nSPS) is 16.2. The maximum atomic E-state index is 5.82. The highest BCUT2D eigenvalue weighted by Gasteiger charge is 2.19. The molecule has 0 aromatic carbocycles. The van der Waals surface area contributed by atoms with Crippen molar-refractivity contribution in [3.8, 4) is 0 Å². The van der Waals surface area contributed by atoms with Crippen molar-refractivity contribution in [3.05, 3.63) is 47.0 Å². The Morgan fingerprint density at radius 3 is 2.48 bits per heavy atom. The van der Waals surface area contributed by atoms with E-state index in [9.17, 15) is 0 Å². The van der Waals surface area contributed by atoms with Gasteiger partial charge in [-0.3, -0.25) is 9.88 Å². The van der Waals surface area contributed by atoms with Crippen molar-refractivity contribution in [1.82, 2.24) is 19.9 Å². The number of nitrogens with zero attached hydrogens (tertiary/aromatic N) is 5. The van der Waals surface area contributed by atoms with Gasteiger partial charge in [-0.2, -0.15) is 0 Å². The third-order valence-corrected chi connectivity index (χ3v) is 3.97. The Morgan fingerprint density at radius 1 is 1.10 bits per heavy atom. The van der Waals surface area contributed by atoms with Gasteiger partial charge in [-0.25, -0.2) is 9.97 Å². The first-order valence-corrected chi connectivity index (χ1v) is 7.45. The number of hydrogen-bond acceptors (Lipinski definition) is 5. The molecule has 5 nitrogen and oxygen atoms in total. The van der Waals surface area contributed by atoms with E-state index in [2.05, 4.69) is 37.7 Å². The smallest absolute Gasteiger partial charge is 0.225 e. The lowest BCUT2D eigenvalue weighted by Crippen LogP contribution is -2.46. The van der Waals surface area contributed by atoms with Gasteiger partial charge in [0.05, 0.1) is 17.4 Å². The monoisotopic (exact) mass is 303 g/mol. The molecule has 0 saturated carbocycles. The van der Waals surface area contributed by atoms with Gasteiger partial charge in [0.25, 0.3) is 0 Å². The molecule has 3 rings (SSSR count). The fraction of sp³-hybridized carbons (Fsp3) is 0.400. The van der Waals surface area contributed by atoms with E-state index in [1.807, 2.05) is 12.3 Å². The molecule has 6 heteroatoms.